The van der Waals surface area contributed by atoms with Crippen LogP contribution in [0, 0.1) is 0 Å². The summed E-state index contributed by atoms with van der Waals surface area (Å²) in [5.74, 6) is -1.37. The number of carboxylic acids is 1. The van der Waals surface area contributed by atoms with Crippen molar-refractivity contribution in [1.82, 2.24) is 5.32 Å². The SMILES string of the molecule is CCCN[C@@H](Cc1ccc(O)c(O)c1)C(=O)O. The second-order valence-corrected chi connectivity index (χ2v) is 3.87. The predicted octanol–water partition coefficient (Wildman–Crippen LogP) is 1.09. The van der Waals surface area contributed by atoms with Crippen molar-refractivity contribution >= 4 is 5.97 Å². The van der Waals surface area contributed by atoms with E-state index < -0.39 is 12.0 Å². The average molecular weight is 239 g/mol. The first-order valence-corrected chi connectivity index (χ1v) is 5.51. The van der Waals surface area contributed by atoms with Crippen LogP contribution in [0.3, 0.4) is 0 Å². The molecule has 0 saturated heterocycles. The smallest absolute Gasteiger partial charge is 0.321 e. The minimum Gasteiger partial charge on any atom is -0.504 e. The molecule has 5 heteroatoms. The van der Waals surface area contributed by atoms with E-state index in [1.54, 1.807) is 6.07 Å². The molecule has 94 valence electrons. The van der Waals surface area contributed by atoms with Gasteiger partial charge in [-0.2, -0.15) is 0 Å². The van der Waals surface area contributed by atoms with E-state index in [2.05, 4.69) is 5.32 Å². The summed E-state index contributed by atoms with van der Waals surface area (Å²) in [5.41, 5.74) is 0.663. The van der Waals surface area contributed by atoms with Gasteiger partial charge in [-0.05, 0) is 37.1 Å². The summed E-state index contributed by atoms with van der Waals surface area (Å²) in [6, 6.07) is 3.64. The molecule has 0 saturated carbocycles. The van der Waals surface area contributed by atoms with Crippen LogP contribution in [-0.2, 0) is 11.2 Å². The first-order chi connectivity index (χ1) is 8.04. The lowest BCUT2D eigenvalue weighted by Gasteiger charge is -2.14. The molecule has 1 aromatic carbocycles. The molecule has 0 fully saturated rings. The zero-order chi connectivity index (χ0) is 12.8. The summed E-state index contributed by atoms with van der Waals surface area (Å²) in [7, 11) is 0. The molecule has 1 aromatic rings. The van der Waals surface area contributed by atoms with E-state index in [-0.39, 0.29) is 17.9 Å². The number of phenols is 2. The largest absolute Gasteiger partial charge is 0.504 e. The Morgan fingerprint density at radius 3 is 2.59 bits per heavy atom. The molecular weight excluding hydrogens is 222 g/mol. The third-order valence-corrected chi connectivity index (χ3v) is 2.42. The van der Waals surface area contributed by atoms with Gasteiger partial charge in [0.2, 0.25) is 0 Å². The highest BCUT2D eigenvalue weighted by molar-refractivity contribution is 5.74. The number of benzene rings is 1. The third kappa shape index (κ3) is 3.96. The average Bonchev–Trinajstić information content (AvgIpc) is 2.28. The normalized spacial score (nSPS) is 12.3. The van der Waals surface area contributed by atoms with Crippen LogP contribution < -0.4 is 5.32 Å². The van der Waals surface area contributed by atoms with Gasteiger partial charge in [0.05, 0.1) is 0 Å². The van der Waals surface area contributed by atoms with Crippen LogP contribution in [0.15, 0.2) is 18.2 Å². The maximum Gasteiger partial charge on any atom is 0.321 e. The Hall–Kier alpha value is -1.75. The predicted molar refractivity (Wildman–Crippen MR) is 63.2 cm³/mol. The van der Waals surface area contributed by atoms with E-state index in [1.165, 1.54) is 12.1 Å². The van der Waals surface area contributed by atoms with Gasteiger partial charge in [-0.25, -0.2) is 0 Å². The van der Waals surface area contributed by atoms with Gasteiger partial charge >= 0.3 is 5.97 Å². The lowest BCUT2D eigenvalue weighted by molar-refractivity contribution is -0.139. The van der Waals surface area contributed by atoms with E-state index in [0.29, 0.717) is 12.1 Å². The Labute approximate surface area is 99.7 Å². The molecule has 0 unspecified atom stereocenters. The lowest BCUT2D eigenvalue weighted by Crippen LogP contribution is -2.38. The highest BCUT2D eigenvalue weighted by Gasteiger charge is 2.17. The van der Waals surface area contributed by atoms with E-state index in [1.807, 2.05) is 6.92 Å². The van der Waals surface area contributed by atoms with E-state index in [0.717, 1.165) is 6.42 Å². The molecule has 0 amide bonds. The van der Waals surface area contributed by atoms with E-state index in [4.69, 9.17) is 10.2 Å². The third-order valence-electron chi connectivity index (χ3n) is 2.42. The Kier molecular flexibility index (Phi) is 4.78. The van der Waals surface area contributed by atoms with Crippen molar-refractivity contribution in [3.8, 4) is 11.5 Å². The second-order valence-electron chi connectivity index (χ2n) is 3.87. The van der Waals surface area contributed by atoms with Crippen molar-refractivity contribution < 1.29 is 20.1 Å². The van der Waals surface area contributed by atoms with Gasteiger partial charge in [0.15, 0.2) is 11.5 Å². The number of hydrogen-bond donors (Lipinski definition) is 4. The molecule has 0 aliphatic carbocycles. The van der Waals surface area contributed by atoms with Gasteiger partial charge in [0, 0.05) is 0 Å². The van der Waals surface area contributed by atoms with Gasteiger partial charge in [-0.1, -0.05) is 13.0 Å². The fraction of sp³-hybridized carbons (Fsp3) is 0.417. The number of aromatic hydroxyl groups is 2. The molecule has 0 radical (unpaired) electrons. The molecule has 0 aliphatic heterocycles. The second kappa shape index (κ2) is 6.10. The summed E-state index contributed by atoms with van der Waals surface area (Å²) >= 11 is 0. The Balaban J connectivity index is 2.71. The quantitative estimate of drug-likeness (QED) is 0.558. The number of carbonyl (C=O) groups is 1. The number of rotatable bonds is 6. The molecule has 4 N–H and O–H groups in total. The first kappa shape index (κ1) is 13.3. The summed E-state index contributed by atoms with van der Waals surface area (Å²) < 4.78 is 0. The molecule has 0 aromatic heterocycles. The Bertz CT molecular complexity index is 392. The highest BCUT2D eigenvalue weighted by atomic mass is 16.4. The molecule has 0 aliphatic rings. The summed E-state index contributed by atoms with van der Waals surface area (Å²) in [4.78, 5) is 11.0. The topological polar surface area (TPSA) is 89.8 Å². The minimum absolute atomic E-state index is 0.206. The highest BCUT2D eigenvalue weighted by Crippen LogP contribution is 2.25. The standard InChI is InChI=1S/C12H17NO4/c1-2-5-13-9(12(16)17)6-8-3-4-10(14)11(15)7-8/h3-4,7,9,13-15H,2,5-6H2,1H3,(H,16,17)/t9-/m0/s1. The van der Waals surface area contributed by atoms with Crippen molar-refractivity contribution in [2.45, 2.75) is 25.8 Å². The molecular formula is C12H17NO4. The van der Waals surface area contributed by atoms with Crippen LogP contribution in [0.25, 0.3) is 0 Å². The minimum atomic E-state index is -0.925. The van der Waals surface area contributed by atoms with Crippen LogP contribution in [-0.4, -0.2) is 33.9 Å². The summed E-state index contributed by atoms with van der Waals surface area (Å²) in [5, 5.41) is 30.4. The zero-order valence-electron chi connectivity index (χ0n) is 9.68. The van der Waals surface area contributed by atoms with Crippen LogP contribution in [0.5, 0.6) is 11.5 Å². The van der Waals surface area contributed by atoms with Crippen molar-refractivity contribution in [2.75, 3.05) is 6.54 Å². The molecule has 17 heavy (non-hydrogen) atoms. The van der Waals surface area contributed by atoms with Gasteiger partial charge in [-0.15, -0.1) is 0 Å². The van der Waals surface area contributed by atoms with Gasteiger partial charge in [-0.3, -0.25) is 4.79 Å². The van der Waals surface area contributed by atoms with E-state index in [9.17, 15) is 9.90 Å². The molecule has 0 bridgehead atoms. The van der Waals surface area contributed by atoms with E-state index >= 15 is 0 Å². The fourth-order valence-corrected chi connectivity index (χ4v) is 1.50. The number of carboxylic acid groups (broad SMARTS) is 1. The molecule has 1 atom stereocenters. The van der Waals surface area contributed by atoms with Crippen molar-refractivity contribution in [3.05, 3.63) is 23.8 Å². The molecule has 5 nitrogen and oxygen atoms in total. The molecule has 0 heterocycles. The van der Waals surface area contributed by atoms with Gasteiger partial charge < -0.3 is 20.6 Å². The zero-order valence-corrected chi connectivity index (χ0v) is 9.68. The van der Waals surface area contributed by atoms with Gasteiger partial charge in [0.25, 0.3) is 0 Å². The lowest BCUT2D eigenvalue weighted by atomic mass is 10.1. The maximum atomic E-state index is 11.0. The monoisotopic (exact) mass is 239 g/mol. The molecule has 1 rings (SSSR count). The number of aliphatic carboxylic acids is 1. The van der Waals surface area contributed by atoms with Crippen LogP contribution in [0.2, 0.25) is 0 Å². The van der Waals surface area contributed by atoms with Crippen LogP contribution >= 0.6 is 0 Å². The Morgan fingerprint density at radius 2 is 2.06 bits per heavy atom. The van der Waals surface area contributed by atoms with Crippen molar-refractivity contribution in [2.24, 2.45) is 0 Å². The van der Waals surface area contributed by atoms with Gasteiger partial charge in [0.1, 0.15) is 6.04 Å². The van der Waals surface area contributed by atoms with Crippen LogP contribution in [0.4, 0.5) is 0 Å². The van der Waals surface area contributed by atoms with Crippen molar-refractivity contribution in [1.29, 1.82) is 0 Å². The summed E-state index contributed by atoms with van der Waals surface area (Å²) in [6.45, 7) is 2.58. The summed E-state index contributed by atoms with van der Waals surface area (Å²) in [6.07, 6.45) is 1.12. The number of phenolic OH excluding ortho intramolecular Hbond substituents is 2. The number of nitrogens with one attached hydrogen (secondary N) is 1. The van der Waals surface area contributed by atoms with Crippen LogP contribution in [0.1, 0.15) is 18.9 Å². The van der Waals surface area contributed by atoms with Crippen molar-refractivity contribution in [3.63, 3.8) is 0 Å². The number of hydrogen-bond acceptors (Lipinski definition) is 4. The fourth-order valence-electron chi connectivity index (χ4n) is 1.50. The Morgan fingerprint density at radius 1 is 1.35 bits per heavy atom. The molecule has 0 spiro atoms. The maximum absolute atomic E-state index is 11.0. The first-order valence-electron chi connectivity index (χ1n) is 5.51.